The van der Waals surface area contributed by atoms with E-state index >= 15 is 0 Å². The summed E-state index contributed by atoms with van der Waals surface area (Å²) in [6.45, 7) is 6.80. The van der Waals surface area contributed by atoms with Gasteiger partial charge < -0.3 is 10.2 Å². The number of benzene rings is 1. The first-order chi connectivity index (χ1) is 9.69. The molecule has 2 rings (SSSR count). The quantitative estimate of drug-likeness (QED) is 0.853. The molecule has 0 saturated carbocycles. The summed E-state index contributed by atoms with van der Waals surface area (Å²) >= 11 is 0. The third-order valence-corrected chi connectivity index (χ3v) is 3.49. The van der Waals surface area contributed by atoms with Crippen molar-refractivity contribution in [3.63, 3.8) is 0 Å². The highest BCUT2D eigenvalue weighted by atomic mass is 16.2. The van der Waals surface area contributed by atoms with E-state index in [2.05, 4.69) is 29.6 Å². The number of hydrogen-bond acceptors (Lipinski definition) is 4. The van der Waals surface area contributed by atoms with E-state index in [1.54, 1.807) is 0 Å². The highest BCUT2D eigenvalue weighted by Gasteiger charge is 2.16. The molecule has 0 aromatic heterocycles. The molecule has 1 fully saturated rings. The molecule has 5 heteroatoms. The lowest BCUT2D eigenvalue weighted by Gasteiger charge is -2.32. The van der Waals surface area contributed by atoms with Gasteiger partial charge in [-0.15, -0.1) is 0 Å². The van der Waals surface area contributed by atoms with Gasteiger partial charge in [0.15, 0.2) is 0 Å². The number of hydrogen-bond donors (Lipinski definition) is 2. The van der Waals surface area contributed by atoms with Crippen LogP contribution in [0.25, 0.3) is 0 Å². The second kappa shape index (κ2) is 7.26. The molecule has 1 aliphatic heterocycles. The average molecular weight is 276 g/mol. The first-order valence-electron chi connectivity index (χ1n) is 7.27. The zero-order chi connectivity index (χ0) is 14.4. The molecule has 1 heterocycles. The molecule has 0 spiro atoms. The van der Waals surface area contributed by atoms with E-state index in [1.165, 1.54) is 0 Å². The molecular formula is C15H24N4O. The highest BCUT2D eigenvalue weighted by Crippen LogP contribution is 2.10. The van der Waals surface area contributed by atoms with Crippen LogP contribution >= 0.6 is 0 Å². The minimum absolute atomic E-state index is 0.0309. The first-order valence-corrected chi connectivity index (χ1v) is 7.27. The molecular weight excluding hydrogens is 252 g/mol. The van der Waals surface area contributed by atoms with Gasteiger partial charge in [-0.1, -0.05) is 6.92 Å². The van der Waals surface area contributed by atoms with Crippen molar-refractivity contribution >= 4 is 11.6 Å². The van der Waals surface area contributed by atoms with E-state index in [0.717, 1.165) is 44.8 Å². The maximum atomic E-state index is 12.1. The van der Waals surface area contributed by atoms with Crippen LogP contribution in [0.4, 0.5) is 5.69 Å². The van der Waals surface area contributed by atoms with Gasteiger partial charge >= 0.3 is 0 Å². The monoisotopic (exact) mass is 276 g/mol. The molecule has 0 bridgehead atoms. The minimum atomic E-state index is -0.0309. The summed E-state index contributed by atoms with van der Waals surface area (Å²) in [5, 5.41) is 5.29. The van der Waals surface area contributed by atoms with Gasteiger partial charge in [0.25, 0.3) is 5.91 Å². The Morgan fingerprint density at radius 1 is 1.15 bits per heavy atom. The number of nitrogens with one attached hydrogen (secondary N) is 2. The number of piperazine rings is 1. The Kier molecular flexibility index (Phi) is 5.38. The molecule has 1 saturated heterocycles. The van der Waals surface area contributed by atoms with Gasteiger partial charge in [-0.05, 0) is 37.7 Å². The van der Waals surface area contributed by atoms with Gasteiger partial charge in [-0.3, -0.25) is 10.2 Å². The first kappa shape index (κ1) is 14.8. The fourth-order valence-electron chi connectivity index (χ4n) is 2.14. The van der Waals surface area contributed by atoms with Crippen molar-refractivity contribution in [1.29, 1.82) is 0 Å². The van der Waals surface area contributed by atoms with Crippen molar-refractivity contribution < 1.29 is 4.79 Å². The van der Waals surface area contributed by atoms with E-state index in [-0.39, 0.29) is 5.91 Å². The second-order valence-corrected chi connectivity index (χ2v) is 5.24. The average Bonchev–Trinajstić information content (AvgIpc) is 2.48. The zero-order valence-corrected chi connectivity index (χ0v) is 12.4. The summed E-state index contributed by atoms with van der Waals surface area (Å²) in [6.07, 6.45) is 1.09. The largest absolute Gasteiger partial charge is 0.385 e. The van der Waals surface area contributed by atoms with E-state index in [1.807, 2.05) is 29.3 Å². The van der Waals surface area contributed by atoms with Crippen molar-refractivity contribution in [2.45, 2.75) is 13.3 Å². The molecule has 1 aromatic carbocycles. The van der Waals surface area contributed by atoms with Gasteiger partial charge in [0.2, 0.25) is 0 Å². The van der Waals surface area contributed by atoms with Crippen LogP contribution in [0.1, 0.15) is 23.7 Å². The number of amides is 1. The summed E-state index contributed by atoms with van der Waals surface area (Å²) in [6, 6.07) is 7.63. The molecule has 0 radical (unpaired) electrons. The van der Waals surface area contributed by atoms with Crippen LogP contribution in [0, 0.1) is 0 Å². The fourth-order valence-corrected chi connectivity index (χ4v) is 2.14. The molecule has 5 nitrogen and oxygen atoms in total. The third kappa shape index (κ3) is 4.21. The Labute approximate surface area is 120 Å². The number of likely N-dealkylation sites (N-methyl/N-ethyl adjacent to an activating group) is 1. The summed E-state index contributed by atoms with van der Waals surface area (Å²) < 4.78 is 0. The fraction of sp³-hybridized carbons (Fsp3) is 0.533. The third-order valence-electron chi connectivity index (χ3n) is 3.49. The van der Waals surface area contributed by atoms with Crippen molar-refractivity contribution in [2.75, 3.05) is 45.1 Å². The molecule has 0 atom stereocenters. The molecule has 1 amide bonds. The number of anilines is 1. The highest BCUT2D eigenvalue weighted by molar-refractivity contribution is 5.94. The van der Waals surface area contributed by atoms with Gasteiger partial charge in [-0.25, -0.2) is 5.01 Å². The van der Waals surface area contributed by atoms with E-state index in [4.69, 9.17) is 0 Å². The second-order valence-electron chi connectivity index (χ2n) is 5.24. The van der Waals surface area contributed by atoms with Gasteiger partial charge in [0, 0.05) is 44.0 Å². The Hall–Kier alpha value is -1.59. The number of hydrazine groups is 1. The maximum absolute atomic E-state index is 12.1. The summed E-state index contributed by atoms with van der Waals surface area (Å²) in [4.78, 5) is 14.4. The lowest BCUT2D eigenvalue weighted by molar-refractivity contribution is 0.0662. The topological polar surface area (TPSA) is 47.6 Å². The van der Waals surface area contributed by atoms with Gasteiger partial charge in [-0.2, -0.15) is 0 Å². The minimum Gasteiger partial charge on any atom is -0.385 e. The lowest BCUT2D eigenvalue weighted by Crippen LogP contribution is -2.52. The molecule has 2 N–H and O–H groups in total. The smallest absolute Gasteiger partial charge is 0.265 e. The zero-order valence-electron chi connectivity index (χ0n) is 12.4. The van der Waals surface area contributed by atoms with Crippen LogP contribution in [0.5, 0.6) is 0 Å². The van der Waals surface area contributed by atoms with Crippen molar-refractivity contribution in [3.8, 4) is 0 Å². The number of carbonyl (C=O) groups is 1. The maximum Gasteiger partial charge on any atom is 0.265 e. The molecule has 0 aliphatic carbocycles. The predicted octanol–water partition coefficient (Wildman–Crippen LogP) is 1.40. The summed E-state index contributed by atoms with van der Waals surface area (Å²) in [7, 11) is 2.10. The number of carbonyl (C=O) groups excluding carboxylic acids is 1. The lowest BCUT2D eigenvalue weighted by atomic mass is 10.2. The van der Waals surface area contributed by atoms with Crippen LogP contribution in [0.2, 0.25) is 0 Å². The molecule has 1 aliphatic rings. The van der Waals surface area contributed by atoms with Crippen LogP contribution in [0.3, 0.4) is 0 Å². The van der Waals surface area contributed by atoms with E-state index in [0.29, 0.717) is 5.56 Å². The predicted molar refractivity (Wildman–Crippen MR) is 81.8 cm³/mol. The molecule has 1 aromatic rings. The van der Waals surface area contributed by atoms with Crippen molar-refractivity contribution in [3.05, 3.63) is 29.8 Å². The van der Waals surface area contributed by atoms with Gasteiger partial charge in [0.1, 0.15) is 0 Å². The Balaban J connectivity index is 1.85. The van der Waals surface area contributed by atoms with Crippen molar-refractivity contribution in [1.82, 2.24) is 15.3 Å². The molecule has 110 valence electrons. The number of nitrogens with zero attached hydrogens (tertiary/aromatic N) is 2. The Morgan fingerprint density at radius 3 is 2.40 bits per heavy atom. The normalized spacial score (nSPS) is 16.9. The van der Waals surface area contributed by atoms with Crippen LogP contribution in [-0.4, -0.2) is 55.6 Å². The van der Waals surface area contributed by atoms with E-state index < -0.39 is 0 Å². The number of rotatable bonds is 5. The Morgan fingerprint density at radius 2 is 1.80 bits per heavy atom. The van der Waals surface area contributed by atoms with Crippen LogP contribution in [-0.2, 0) is 0 Å². The van der Waals surface area contributed by atoms with Crippen LogP contribution in [0.15, 0.2) is 24.3 Å². The summed E-state index contributed by atoms with van der Waals surface area (Å²) in [5.74, 6) is -0.0309. The SMILES string of the molecule is CCCNc1ccc(C(=O)NN2CCN(C)CC2)cc1. The van der Waals surface area contributed by atoms with Gasteiger partial charge in [0.05, 0.1) is 0 Å². The standard InChI is InChI=1S/C15H24N4O/c1-3-8-16-14-6-4-13(5-7-14)15(20)17-19-11-9-18(2)10-12-19/h4-7,16H,3,8-12H2,1-2H3,(H,17,20). The van der Waals surface area contributed by atoms with E-state index in [9.17, 15) is 4.79 Å². The molecule has 20 heavy (non-hydrogen) atoms. The Bertz CT molecular complexity index is 424. The van der Waals surface area contributed by atoms with Crippen molar-refractivity contribution in [2.24, 2.45) is 0 Å². The molecule has 0 unspecified atom stereocenters. The summed E-state index contributed by atoms with van der Waals surface area (Å²) in [5.41, 5.74) is 4.72. The van der Waals surface area contributed by atoms with Crippen LogP contribution < -0.4 is 10.7 Å².